The molecule has 0 saturated heterocycles. The van der Waals surface area contributed by atoms with Gasteiger partial charge >= 0.3 is 0 Å². The largest absolute Gasteiger partial charge is 0.270 e. The van der Waals surface area contributed by atoms with Gasteiger partial charge in [0.2, 0.25) is 0 Å². The number of carbonyl (C=O) groups excluding carboxylic acids is 2. The summed E-state index contributed by atoms with van der Waals surface area (Å²) >= 11 is 6.65. The topological polar surface area (TPSA) is 58.2 Å². The highest BCUT2D eigenvalue weighted by Gasteiger charge is 2.11. The first-order valence-corrected chi connectivity index (χ1v) is 7.69. The van der Waals surface area contributed by atoms with E-state index < -0.39 is 0 Å². The van der Waals surface area contributed by atoms with Gasteiger partial charge < -0.3 is 0 Å². The summed E-state index contributed by atoms with van der Waals surface area (Å²) < 4.78 is 1.50. The fourth-order valence-electron chi connectivity index (χ4n) is 1.63. The molecule has 2 amide bonds. The van der Waals surface area contributed by atoms with Crippen molar-refractivity contribution in [2.45, 2.75) is 6.92 Å². The summed E-state index contributed by atoms with van der Waals surface area (Å²) in [5.74, 6) is -0.766. The van der Waals surface area contributed by atoms with Crippen LogP contribution in [0.15, 0.2) is 51.4 Å². The number of hydrogen-bond acceptors (Lipinski definition) is 2. The molecule has 0 aromatic heterocycles. The number of carbonyl (C=O) groups is 2. The van der Waals surface area contributed by atoms with Gasteiger partial charge in [0.1, 0.15) is 0 Å². The van der Waals surface area contributed by atoms with Gasteiger partial charge in [-0.1, -0.05) is 34.1 Å². The van der Waals surface area contributed by atoms with E-state index in [1.165, 1.54) is 0 Å². The average Bonchev–Trinajstić information content (AvgIpc) is 2.47. The van der Waals surface area contributed by atoms with Crippen molar-refractivity contribution in [3.8, 4) is 0 Å². The van der Waals surface area contributed by atoms with Gasteiger partial charge in [-0.25, -0.2) is 0 Å². The molecule has 0 atom stereocenters. The standard InChI is InChI=1S/C15H12Br2N2O2/c1-9-6-7-10(8-13(9)17)14(20)18-19-15(21)11-4-2-3-5-12(11)16/h2-8H,1H3,(H,18,20)(H,19,21). The lowest BCUT2D eigenvalue weighted by Crippen LogP contribution is -2.41. The lowest BCUT2D eigenvalue weighted by Gasteiger charge is -2.09. The SMILES string of the molecule is Cc1ccc(C(=O)NNC(=O)c2ccccc2Br)cc1Br. The van der Waals surface area contributed by atoms with Crippen LogP contribution in [0, 0.1) is 6.92 Å². The summed E-state index contributed by atoms with van der Waals surface area (Å²) in [7, 11) is 0. The highest BCUT2D eigenvalue weighted by Crippen LogP contribution is 2.17. The van der Waals surface area contributed by atoms with Gasteiger partial charge in [-0.15, -0.1) is 0 Å². The smallest absolute Gasteiger partial charge is 0.267 e. The van der Waals surface area contributed by atoms with E-state index in [9.17, 15) is 9.59 Å². The van der Waals surface area contributed by atoms with Crippen LogP contribution in [0.4, 0.5) is 0 Å². The third-order valence-corrected chi connectivity index (χ3v) is 4.39. The lowest BCUT2D eigenvalue weighted by molar-refractivity contribution is 0.0846. The Hall–Kier alpha value is -1.66. The summed E-state index contributed by atoms with van der Waals surface area (Å²) in [5.41, 5.74) is 6.72. The van der Waals surface area contributed by atoms with Crippen molar-refractivity contribution < 1.29 is 9.59 Å². The normalized spacial score (nSPS) is 10.0. The molecule has 4 nitrogen and oxygen atoms in total. The molecule has 0 bridgehead atoms. The lowest BCUT2D eigenvalue weighted by atomic mass is 10.1. The second kappa shape index (κ2) is 6.87. The van der Waals surface area contributed by atoms with Gasteiger partial charge in [0.05, 0.1) is 5.56 Å². The molecule has 0 saturated carbocycles. The van der Waals surface area contributed by atoms with Gasteiger partial charge in [0, 0.05) is 14.5 Å². The van der Waals surface area contributed by atoms with Crippen molar-refractivity contribution in [3.05, 3.63) is 68.1 Å². The van der Waals surface area contributed by atoms with Crippen LogP contribution in [-0.4, -0.2) is 11.8 Å². The average molecular weight is 412 g/mol. The number of amides is 2. The number of hydrazine groups is 1. The Labute approximate surface area is 139 Å². The maximum Gasteiger partial charge on any atom is 0.270 e. The molecule has 0 aliphatic rings. The van der Waals surface area contributed by atoms with Gasteiger partial charge in [-0.05, 0) is 52.7 Å². The summed E-state index contributed by atoms with van der Waals surface area (Å²) in [6.45, 7) is 1.93. The van der Waals surface area contributed by atoms with Crippen molar-refractivity contribution in [2.75, 3.05) is 0 Å². The van der Waals surface area contributed by atoms with E-state index in [1.54, 1.807) is 30.3 Å². The molecule has 2 aromatic carbocycles. The fourth-order valence-corrected chi connectivity index (χ4v) is 2.48. The van der Waals surface area contributed by atoms with Crippen molar-refractivity contribution in [1.29, 1.82) is 0 Å². The molecule has 0 unspecified atom stereocenters. The van der Waals surface area contributed by atoms with E-state index in [0.29, 0.717) is 15.6 Å². The molecule has 6 heteroatoms. The minimum atomic E-state index is -0.387. The zero-order valence-electron chi connectivity index (χ0n) is 11.1. The molecule has 0 aliphatic carbocycles. The molecule has 0 radical (unpaired) electrons. The van der Waals surface area contributed by atoms with Crippen molar-refractivity contribution in [3.63, 3.8) is 0 Å². The third-order valence-electron chi connectivity index (χ3n) is 2.84. The van der Waals surface area contributed by atoms with E-state index in [-0.39, 0.29) is 11.8 Å². The number of benzene rings is 2. The van der Waals surface area contributed by atoms with Gasteiger partial charge in [0.15, 0.2) is 0 Å². The first kappa shape index (κ1) is 15.7. The molecule has 2 aromatic rings. The van der Waals surface area contributed by atoms with Gasteiger partial charge in [-0.3, -0.25) is 20.4 Å². The Kier molecular flexibility index (Phi) is 5.14. The quantitative estimate of drug-likeness (QED) is 0.741. The maximum atomic E-state index is 12.0. The fraction of sp³-hybridized carbons (Fsp3) is 0.0667. The summed E-state index contributed by atoms with van der Waals surface area (Å²) in [6, 6.07) is 12.2. The second-order valence-electron chi connectivity index (χ2n) is 4.35. The van der Waals surface area contributed by atoms with Crippen LogP contribution < -0.4 is 10.9 Å². The van der Waals surface area contributed by atoms with E-state index in [2.05, 4.69) is 42.7 Å². The minimum absolute atomic E-state index is 0.379. The predicted molar refractivity (Wildman–Crippen MR) is 88.0 cm³/mol. The summed E-state index contributed by atoms with van der Waals surface area (Å²) in [5, 5.41) is 0. The highest BCUT2D eigenvalue weighted by molar-refractivity contribution is 9.10. The maximum absolute atomic E-state index is 12.0. The van der Waals surface area contributed by atoms with Gasteiger partial charge in [-0.2, -0.15) is 0 Å². The summed E-state index contributed by atoms with van der Waals surface area (Å²) in [6.07, 6.45) is 0. The van der Waals surface area contributed by atoms with E-state index in [4.69, 9.17) is 0 Å². The Bertz CT molecular complexity index is 702. The second-order valence-corrected chi connectivity index (χ2v) is 6.06. The van der Waals surface area contributed by atoms with Crippen LogP contribution in [0.3, 0.4) is 0 Å². The van der Waals surface area contributed by atoms with E-state index in [0.717, 1.165) is 10.0 Å². The van der Waals surface area contributed by atoms with Crippen LogP contribution in [0.2, 0.25) is 0 Å². The number of nitrogens with one attached hydrogen (secondary N) is 2. The third kappa shape index (κ3) is 3.92. The van der Waals surface area contributed by atoms with Gasteiger partial charge in [0.25, 0.3) is 11.8 Å². The predicted octanol–water partition coefficient (Wildman–Crippen LogP) is 3.59. The molecular weight excluding hydrogens is 400 g/mol. The number of rotatable bonds is 2. The van der Waals surface area contributed by atoms with Crippen LogP contribution in [0.25, 0.3) is 0 Å². The highest BCUT2D eigenvalue weighted by atomic mass is 79.9. The first-order valence-electron chi connectivity index (χ1n) is 6.10. The molecular formula is C15H12Br2N2O2. The molecule has 0 fully saturated rings. The summed E-state index contributed by atoms with van der Waals surface area (Å²) in [4.78, 5) is 23.9. The molecule has 108 valence electrons. The van der Waals surface area contributed by atoms with Crippen LogP contribution in [0.5, 0.6) is 0 Å². The van der Waals surface area contributed by atoms with Crippen molar-refractivity contribution in [2.24, 2.45) is 0 Å². The molecule has 0 spiro atoms. The zero-order valence-corrected chi connectivity index (χ0v) is 14.3. The Morgan fingerprint density at radius 3 is 2.24 bits per heavy atom. The number of halogens is 2. The zero-order chi connectivity index (χ0) is 15.4. The first-order chi connectivity index (χ1) is 9.99. The van der Waals surface area contributed by atoms with Crippen LogP contribution in [-0.2, 0) is 0 Å². The molecule has 0 heterocycles. The molecule has 2 N–H and O–H groups in total. The number of hydrogen-bond donors (Lipinski definition) is 2. The Balaban J connectivity index is 2.02. The Morgan fingerprint density at radius 2 is 1.57 bits per heavy atom. The van der Waals surface area contributed by atoms with E-state index >= 15 is 0 Å². The molecule has 2 rings (SSSR count). The monoisotopic (exact) mass is 410 g/mol. The Morgan fingerprint density at radius 1 is 0.905 bits per heavy atom. The van der Waals surface area contributed by atoms with Crippen LogP contribution >= 0.6 is 31.9 Å². The molecule has 21 heavy (non-hydrogen) atoms. The number of aryl methyl sites for hydroxylation is 1. The van der Waals surface area contributed by atoms with Crippen molar-refractivity contribution >= 4 is 43.7 Å². The minimum Gasteiger partial charge on any atom is -0.267 e. The van der Waals surface area contributed by atoms with Crippen molar-refractivity contribution in [1.82, 2.24) is 10.9 Å². The van der Waals surface area contributed by atoms with Crippen LogP contribution in [0.1, 0.15) is 26.3 Å². The van der Waals surface area contributed by atoms with E-state index in [1.807, 2.05) is 19.1 Å². The molecule has 0 aliphatic heterocycles.